The summed E-state index contributed by atoms with van der Waals surface area (Å²) < 4.78 is 60.9. The first-order valence-corrected chi connectivity index (χ1v) is 15.8. The minimum Gasteiger partial charge on any atom is -0.756 e. The second-order valence-corrected chi connectivity index (χ2v) is 12.8. The van der Waals surface area contributed by atoms with Crippen LogP contribution in [0.1, 0.15) is 25.3 Å². The molecule has 8 atom stereocenters. The highest BCUT2D eigenvalue weighted by atomic mass is 31.2. The van der Waals surface area contributed by atoms with Gasteiger partial charge in [-0.15, -0.1) is 0 Å². The average Bonchev–Trinajstić information content (AvgIpc) is 3.70. The summed E-state index contributed by atoms with van der Waals surface area (Å²) in [6.07, 6.45) is -4.98. The molecule has 22 nitrogen and oxygen atoms in total. The van der Waals surface area contributed by atoms with Crippen LogP contribution < -0.4 is 32.4 Å². The van der Waals surface area contributed by atoms with Gasteiger partial charge < -0.3 is 48.8 Å². The fraction of sp³-hybridized carbons (Fsp3) is 0.500. The van der Waals surface area contributed by atoms with Gasteiger partial charge in [0.05, 0.1) is 38.1 Å². The van der Waals surface area contributed by atoms with Crippen molar-refractivity contribution in [2.24, 2.45) is 0 Å². The smallest absolute Gasteiger partial charge is 0.280 e. The quantitative estimate of drug-likeness (QED) is 0.165. The van der Waals surface area contributed by atoms with E-state index in [1.54, 1.807) is 0 Å². The highest BCUT2D eigenvalue weighted by Gasteiger charge is 2.44. The molecule has 0 amide bonds. The Bertz CT molecular complexity index is 1840. The molecule has 3 saturated heterocycles. The van der Waals surface area contributed by atoms with Gasteiger partial charge in [-0.2, -0.15) is 9.97 Å². The Morgan fingerprint density at radius 3 is 1.57 bits per heavy atom. The summed E-state index contributed by atoms with van der Waals surface area (Å²) in [6.45, 7) is -1.41. The number of hydrogen-bond acceptors (Lipinski definition) is 18. The van der Waals surface area contributed by atoms with Crippen molar-refractivity contribution in [2.45, 2.75) is 49.7 Å². The summed E-state index contributed by atoms with van der Waals surface area (Å²) in [7, 11) is -10.1. The van der Waals surface area contributed by atoms with Crippen LogP contribution in [0.4, 0.5) is 11.9 Å². The van der Waals surface area contributed by atoms with E-state index in [4.69, 9.17) is 39.0 Å². The number of aromatic amines is 2. The van der Waals surface area contributed by atoms with Gasteiger partial charge in [-0.05, 0) is 0 Å². The first-order chi connectivity index (χ1) is 20.9. The van der Waals surface area contributed by atoms with Crippen LogP contribution >= 0.6 is 15.6 Å². The standard InChI is InChI=1S/C20H24N10O12P2/c21-19-25-15-13(17(31)27-19)23-5-29(15)11-1-7-9(39-11)3-37-44(35,36)42-8-2-12(40-10(8)4-38-43(33,34)41-7)30-6-24-14-16(30)26-20(22)28-18(14)32/h5-12H,1-4H2,(H,33,34)(H,35,36)(H3,21,25,27,31)(H3,22,26,28,32)/p-2/t7?,8?,9-,10-,11+,12+/m0/s1. The van der Waals surface area contributed by atoms with Gasteiger partial charge in [-0.25, -0.2) is 9.97 Å². The minimum absolute atomic E-state index is 0.0431. The van der Waals surface area contributed by atoms with Gasteiger partial charge in [0.15, 0.2) is 22.3 Å². The van der Waals surface area contributed by atoms with Gasteiger partial charge in [0, 0.05) is 12.8 Å². The molecule has 3 aliphatic rings. The van der Waals surface area contributed by atoms with Gasteiger partial charge >= 0.3 is 0 Å². The number of nitrogen functional groups attached to an aromatic ring is 2. The molecule has 3 aliphatic heterocycles. The van der Waals surface area contributed by atoms with E-state index in [1.807, 2.05) is 0 Å². The predicted molar refractivity (Wildman–Crippen MR) is 139 cm³/mol. The summed E-state index contributed by atoms with van der Waals surface area (Å²) in [4.78, 5) is 70.9. The highest BCUT2D eigenvalue weighted by molar-refractivity contribution is 7.46. The topological polar surface area (TPSA) is 315 Å². The molecule has 6 N–H and O–H groups in total. The number of phosphoric ester groups is 2. The Hall–Kier alpha value is -3.56. The summed E-state index contributed by atoms with van der Waals surface area (Å²) in [5, 5.41) is 0. The van der Waals surface area contributed by atoms with E-state index >= 15 is 0 Å². The molecule has 4 unspecified atom stereocenters. The number of nitrogens with one attached hydrogen (secondary N) is 2. The van der Waals surface area contributed by atoms with Gasteiger partial charge in [0.1, 0.15) is 24.7 Å². The van der Waals surface area contributed by atoms with E-state index in [2.05, 4.69) is 29.9 Å². The van der Waals surface area contributed by atoms with Crippen molar-refractivity contribution in [2.75, 3.05) is 24.7 Å². The summed E-state index contributed by atoms with van der Waals surface area (Å²) in [5.74, 6) is -0.388. The summed E-state index contributed by atoms with van der Waals surface area (Å²) >= 11 is 0. The number of rotatable bonds is 2. The van der Waals surface area contributed by atoms with Crippen molar-refractivity contribution >= 4 is 49.9 Å². The van der Waals surface area contributed by atoms with Crippen LogP contribution in [-0.2, 0) is 36.7 Å². The molecule has 236 valence electrons. The van der Waals surface area contributed by atoms with Gasteiger partial charge in [-0.3, -0.25) is 37.8 Å². The maximum atomic E-state index is 12.9. The number of nitrogens with two attached hydrogens (primary N) is 2. The van der Waals surface area contributed by atoms with Crippen LogP contribution in [0.2, 0.25) is 0 Å². The summed E-state index contributed by atoms with van der Waals surface area (Å²) in [6, 6.07) is 0. The van der Waals surface area contributed by atoms with Crippen molar-refractivity contribution in [3.8, 4) is 0 Å². The van der Waals surface area contributed by atoms with E-state index in [9.17, 15) is 28.5 Å². The minimum atomic E-state index is -5.07. The zero-order valence-electron chi connectivity index (χ0n) is 22.1. The number of nitrogens with zero attached hydrogens (tertiary/aromatic N) is 6. The lowest BCUT2D eigenvalue weighted by atomic mass is 10.2. The second kappa shape index (κ2) is 10.5. The molecule has 0 bridgehead atoms. The number of fused-ring (bicyclic) bond motifs is 4. The molecule has 0 aliphatic carbocycles. The van der Waals surface area contributed by atoms with Crippen molar-refractivity contribution in [1.29, 1.82) is 0 Å². The molecule has 24 heteroatoms. The number of H-pyrrole nitrogens is 2. The van der Waals surface area contributed by atoms with E-state index < -0.39 is 76.8 Å². The number of phosphoric acid groups is 2. The van der Waals surface area contributed by atoms with E-state index in [-0.39, 0.29) is 47.1 Å². The SMILES string of the molecule is Nc1nc2c(ncn2[C@H]2CC3OP(=O)([O-])OC[C@@H]4O[C@@H](n5cnc6c(=O)[nH]c(N)nc65)CC4OP(=O)([O-])OC[C@@H]3O2)c(=O)[nH]1. The van der Waals surface area contributed by atoms with E-state index in [0.717, 1.165) is 0 Å². The molecular formula is C20H22N10O12P2-2. The molecule has 0 aromatic carbocycles. The fourth-order valence-corrected chi connectivity index (χ4v) is 7.18. The lowest BCUT2D eigenvalue weighted by Gasteiger charge is -2.33. The number of ether oxygens (including phenoxy) is 2. The van der Waals surface area contributed by atoms with Crippen molar-refractivity contribution in [1.82, 2.24) is 39.0 Å². The van der Waals surface area contributed by atoms with Crippen LogP contribution in [0.5, 0.6) is 0 Å². The maximum absolute atomic E-state index is 12.9. The molecular weight excluding hydrogens is 634 g/mol. The van der Waals surface area contributed by atoms with Crippen LogP contribution in [0.25, 0.3) is 22.3 Å². The highest BCUT2D eigenvalue weighted by Crippen LogP contribution is 2.50. The fourth-order valence-electron chi connectivity index (χ4n) is 5.29. The average molecular weight is 656 g/mol. The predicted octanol–water partition coefficient (Wildman–Crippen LogP) is -2.25. The zero-order valence-corrected chi connectivity index (χ0v) is 23.9. The Labute approximate surface area is 243 Å². The lowest BCUT2D eigenvalue weighted by Crippen LogP contribution is -2.35. The third-order valence-corrected chi connectivity index (χ3v) is 9.19. The Kier molecular flexibility index (Phi) is 6.97. The first kappa shape index (κ1) is 29.2. The van der Waals surface area contributed by atoms with Crippen LogP contribution in [-0.4, -0.2) is 76.7 Å². The molecule has 7 heterocycles. The normalized spacial score (nSPS) is 34.9. The van der Waals surface area contributed by atoms with Gasteiger partial charge in [0.2, 0.25) is 11.9 Å². The van der Waals surface area contributed by atoms with Crippen LogP contribution in [0.3, 0.4) is 0 Å². The third-order valence-electron chi connectivity index (χ3n) is 7.21. The first-order valence-electron chi connectivity index (χ1n) is 12.9. The molecule has 4 aromatic rings. The van der Waals surface area contributed by atoms with E-state index in [0.29, 0.717) is 0 Å². The number of anilines is 2. The largest absolute Gasteiger partial charge is 0.756 e. The molecule has 0 spiro atoms. The van der Waals surface area contributed by atoms with Crippen LogP contribution in [0, 0.1) is 0 Å². The van der Waals surface area contributed by atoms with Crippen molar-refractivity contribution in [3.05, 3.63) is 33.4 Å². The monoisotopic (exact) mass is 656 g/mol. The molecule has 0 radical (unpaired) electrons. The number of hydrogen-bond donors (Lipinski definition) is 4. The number of imidazole rings is 2. The molecule has 4 aromatic heterocycles. The molecule has 7 rings (SSSR count). The Morgan fingerprint density at radius 1 is 0.750 bits per heavy atom. The Balaban J connectivity index is 1.13. The zero-order chi connectivity index (χ0) is 31.0. The van der Waals surface area contributed by atoms with Gasteiger partial charge in [0.25, 0.3) is 26.8 Å². The van der Waals surface area contributed by atoms with Crippen molar-refractivity contribution in [3.63, 3.8) is 0 Å². The van der Waals surface area contributed by atoms with E-state index in [1.165, 1.54) is 21.8 Å². The lowest BCUT2D eigenvalue weighted by molar-refractivity contribution is -0.242. The third kappa shape index (κ3) is 5.34. The Morgan fingerprint density at radius 2 is 1.16 bits per heavy atom. The summed E-state index contributed by atoms with van der Waals surface area (Å²) in [5.41, 5.74) is 10.1. The van der Waals surface area contributed by atoms with Gasteiger partial charge in [-0.1, -0.05) is 0 Å². The molecule has 44 heavy (non-hydrogen) atoms. The molecule has 0 saturated carbocycles. The van der Waals surface area contributed by atoms with Crippen molar-refractivity contribution < 1.29 is 46.5 Å². The second-order valence-electron chi connectivity index (χ2n) is 10.1. The maximum Gasteiger partial charge on any atom is 0.280 e. The van der Waals surface area contributed by atoms with Crippen LogP contribution in [0.15, 0.2) is 22.2 Å². The molecule has 3 fully saturated rings. The number of aromatic nitrogens is 8.